The van der Waals surface area contributed by atoms with Gasteiger partial charge in [0, 0.05) is 51.0 Å². The molecule has 0 spiro atoms. The molecule has 3 rings (SSSR count). The minimum atomic E-state index is -3.42. The molecule has 10 nitrogen and oxygen atoms in total. The van der Waals surface area contributed by atoms with E-state index in [9.17, 15) is 14.2 Å². The Balaban J connectivity index is 1.60. The first-order valence-electron chi connectivity index (χ1n) is 8.83. The van der Waals surface area contributed by atoms with Crippen molar-refractivity contribution in [3.63, 3.8) is 0 Å². The summed E-state index contributed by atoms with van der Waals surface area (Å²) in [4.78, 5) is 28.0. The first-order valence-corrected chi connectivity index (χ1v) is 11.3. The highest BCUT2D eigenvalue weighted by atomic mass is 35.7. The zero-order chi connectivity index (χ0) is 19.6. The molecule has 1 unspecified atom stereocenters. The normalized spacial score (nSPS) is 27.4. The number of rotatable bonds is 5. The van der Waals surface area contributed by atoms with Crippen LogP contribution in [0.4, 0.5) is 0 Å². The number of nitrogens with one attached hydrogen (secondary N) is 2. The fourth-order valence-corrected chi connectivity index (χ4v) is 4.83. The third-order valence-corrected chi connectivity index (χ3v) is 7.21. The minimum Gasteiger partial charge on any atom is -0.350 e. The fourth-order valence-electron chi connectivity index (χ4n) is 3.04. The Bertz CT molecular complexity index is 822. The average Bonchev–Trinajstić information content (AvgIpc) is 2.64. The largest absolute Gasteiger partial charge is 0.363 e. The second-order valence-electron chi connectivity index (χ2n) is 6.85. The summed E-state index contributed by atoms with van der Waals surface area (Å²) >= 11 is 6.17. The molecule has 1 aromatic heterocycles. The molecule has 0 amide bonds. The summed E-state index contributed by atoms with van der Waals surface area (Å²) in [5, 5.41) is 3.16. The SMILES string of the molecule is Cc1cn([C@H]2CNC[C@@H](COP(=O)(Cl)N3CCN(C)CC3)O2)c(=O)[nH]c1=O. The molecule has 3 atom stereocenters. The lowest BCUT2D eigenvalue weighted by Gasteiger charge is -2.35. The highest BCUT2D eigenvalue weighted by Crippen LogP contribution is 2.56. The maximum atomic E-state index is 12.7. The molecule has 2 fully saturated rings. The Kier molecular flexibility index (Phi) is 6.58. The number of morpholine rings is 1. The van der Waals surface area contributed by atoms with Crippen molar-refractivity contribution >= 4 is 18.1 Å². The zero-order valence-electron chi connectivity index (χ0n) is 15.4. The molecule has 0 radical (unpaired) electrons. The number of aromatic nitrogens is 2. The lowest BCUT2D eigenvalue weighted by atomic mass is 10.3. The van der Waals surface area contributed by atoms with Gasteiger partial charge in [-0.15, -0.1) is 0 Å². The Morgan fingerprint density at radius 2 is 2.00 bits per heavy atom. The Labute approximate surface area is 161 Å². The van der Waals surface area contributed by atoms with Crippen molar-refractivity contribution in [2.75, 3.05) is 52.9 Å². The van der Waals surface area contributed by atoms with Crippen LogP contribution in [0.1, 0.15) is 11.8 Å². The van der Waals surface area contributed by atoms with Crippen molar-refractivity contribution in [1.29, 1.82) is 0 Å². The van der Waals surface area contributed by atoms with Crippen molar-refractivity contribution in [3.05, 3.63) is 32.6 Å². The summed E-state index contributed by atoms with van der Waals surface area (Å²) in [6.45, 7) is 1.82. The van der Waals surface area contributed by atoms with Crippen LogP contribution in [-0.4, -0.2) is 78.1 Å². The van der Waals surface area contributed by atoms with Crippen LogP contribution in [0.5, 0.6) is 0 Å². The summed E-state index contributed by atoms with van der Waals surface area (Å²) in [5.74, 6) is 0. The first kappa shape index (κ1) is 20.7. The standard InChI is InChI=1S/C15H25ClN5O5P/c1-11-9-21(15(23)18-14(11)22)13-8-17-7-12(26-13)10-25-27(16,24)20-5-3-19(2)4-6-20/h9,12-13,17H,3-8,10H2,1-2H3,(H,18,22,23)/t12-,13+,27?/m0/s1. The van der Waals surface area contributed by atoms with Crippen molar-refractivity contribution in [2.45, 2.75) is 19.3 Å². The van der Waals surface area contributed by atoms with Gasteiger partial charge >= 0.3 is 12.6 Å². The van der Waals surface area contributed by atoms with E-state index in [0.29, 0.717) is 31.7 Å². The molecule has 3 heterocycles. The molecule has 0 aromatic carbocycles. The number of hydrogen-bond donors (Lipinski definition) is 2. The molecular formula is C15H25ClN5O5P. The first-order chi connectivity index (χ1) is 12.8. The van der Waals surface area contributed by atoms with Crippen LogP contribution in [0, 0.1) is 6.92 Å². The highest BCUT2D eigenvalue weighted by molar-refractivity contribution is 7.83. The lowest BCUT2D eigenvalue weighted by molar-refractivity contribution is -0.0934. The Hall–Kier alpha value is -1.00. The van der Waals surface area contributed by atoms with Gasteiger partial charge in [0.1, 0.15) is 0 Å². The monoisotopic (exact) mass is 421 g/mol. The van der Waals surface area contributed by atoms with Crippen LogP contribution in [0.2, 0.25) is 0 Å². The van der Waals surface area contributed by atoms with Crippen LogP contribution < -0.4 is 16.6 Å². The zero-order valence-corrected chi connectivity index (χ0v) is 17.0. The van der Waals surface area contributed by atoms with Gasteiger partial charge in [0.25, 0.3) is 5.56 Å². The second-order valence-corrected chi connectivity index (χ2v) is 9.86. The summed E-state index contributed by atoms with van der Waals surface area (Å²) in [6, 6.07) is 0. The van der Waals surface area contributed by atoms with Gasteiger partial charge in [0.15, 0.2) is 6.23 Å². The van der Waals surface area contributed by atoms with E-state index >= 15 is 0 Å². The molecule has 1 aromatic rings. The van der Waals surface area contributed by atoms with Crippen LogP contribution >= 0.6 is 18.1 Å². The quantitative estimate of drug-likeness (QED) is 0.637. The molecule has 2 aliphatic heterocycles. The maximum absolute atomic E-state index is 12.7. The fraction of sp³-hybridized carbons (Fsp3) is 0.733. The van der Waals surface area contributed by atoms with E-state index in [-0.39, 0.29) is 6.61 Å². The van der Waals surface area contributed by atoms with E-state index in [1.165, 1.54) is 10.8 Å². The Morgan fingerprint density at radius 1 is 1.30 bits per heavy atom. The molecule has 0 bridgehead atoms. The van der Waals surface area contributed by atoms with Gasteiger partial charge in [-0.05, 0) is 25.2 Å². The number of nitrogens with zero attached hydrogens (tertiary/aromatic N) is 3. The third-order valence-electron chi connectivity index (χ3n) is 4.73. The topological polar surface area (TPSA) is 109 Å². The van der Waals surface area contributed by atoms with Gasteiger partial charge in [-0.2, -0.15) is 0 Å². The lowest BCUT2D eigenvalue weighted by Crippen LogP contribution is -2.48. The number of aromatic amines is 1. The van der Waals surface area contributed by atoms with E-state index < -0.39 is 30.5 Å². The van der Waals surface area contributed by atoms with E-state index in [0.717, 1.165) is 13.1 Å². The van der Waals surface area contributed by atoms with Crippen LogP contribution in [0.25, 0.3) is 0 Å². The van der Waals surface area contributed by atoms with Gasteiger partial charge < -0.3 is 19.5 Å². The molecule has 2 aliphatic rings. The van der Waals surface area contributed by atoms with Crippen molar-refractivity contribution in [3.8, 4) is 0 Å². The van der Waals surface area contributed by atoms with E-state index in [1.54, 1.807) is 11.6 Å². The summed E-state index contributed by atoms with van der Waals surface area (Å²) in [5.41, 5.74) is -0.550. The number of hydrogen-bond acceptors (Lipinski definition) is 7. The predicted molar refractivity (Wildman–Crippen MR) is 101 cm³/mol. The molecule has 12 heteroatoms. The van der Waals surface area contributed by atoms with Gasteiger partial charge in [-0.3, -0.25) is 18.9 Å². The van der Waals surface area contributed by atoms with Gasteiger partial charge in [0.2, 0.25) is 0 Å². The number of likely N-dealkylation sites (N-methyl/N-ethyl adjacent to an activating group) is 1. The molecule has 0 saturated carbocycles. The smallest absolute Gasteiger partial charge is 0.350 e. The van der Waals surface area contributed by atoms with Crippen LogP contribution in [0.15, 0.2) is 15.8 Å². The molecule has 2 saturated heterocycles. The van der Waals surface area contributed by atoms with E-state index in [2.05, 4.69) is 15.2 Å². The molecule has 2 N–H and O–H groups in total. The number of aryl methyl sites for hydroxylation is 1. The van der Waals surface area contributed by atoms with Gasteiger partial charge in [-0.25, -0.2) is 9.46 Å². The number of piperazine rings is 1. The van der Waals surface area contributed by atoms with Gasteiger partial charge in [-0.1, -0.05) is 0 Å². The average molecular weight is 422 g/mol. The molecule has 0 aliphatic carbocycles. The summed E-state index contributed by atoms with van der Waals surface area (Å²) in [7, 11) is 2.00. The number of halogens is 1. The molecule has 152 valence electrons. The highest BCUT2D eigenvalue weighted by Gasteiger charge is 2.34. The second kappa shape index (κ2) is 8.57. The van der Waals surface area contributed by atoms with E-state index in [4.69, 9.17) is 20.5 Å². The molecule has 27 heavy (non-hydrogen) atoms. The van der Waals surface area contributed by atoms with Crippen molar-refractivity contribution in [2.24, 2.45) is 0 Å². The van der Waals surface area contributed by atoms with Crippen LogP contribution in [-0.2, 0) is 13.8 Å². The maximum Gasteiger partial charge on any atom is 0.363 e. The molecular weight excluding hydrogens is 397 g/mol. The Morgan fingerprint density at radius 3 is 2.70 bits per heavy atom. The minimum absolute atomic E-state index is 0.0354. The summed E-state index contributed by atoms with van der Waals surface area (Å²) in [6.07, 6.45) is 0.434. The van der Waals surface area contributed by atoms with Gasteiger partial charge in [0.05, 0.1) is 12.7 Å². The number of ether oxygens (including phenoxy) is 1. The van der Waals surface area contributed by atoms with Crippen molar-refractivity contribution in [1.82, 2.24) is 24.4 Å². The predicted octanol–water partition coefficient (Wildman–Crippen LogP) is -0.0571. The van der Waals surface area contributed by atoms with E-state index in [1.807, 2.05) is 7.05 Å². The third kappa shape index (κ3) is 5.08. The summed E-state index contributed by atoms with van der Waals surface area (Å²) < 4.78 is 27.1. The van der Waals surface area contributed by atoms with Crippen LogP contribution in [0.3, 0.4) is 0 Å². The number of H-pyrrole nitrogens is 1. The van der Waals surface area contributed by atoms with Crippen molar-refractivity contribution < 1.29 is 13.8 Å².